The van der Waals surface area contributed by atoms with Crippen molar-refractivity contribution in [1.29, 1.82) is 0 Å². The number of rotatable bonds is 5. The Kier molecular flexibility index (Phi) is 4.59. The summed E-state index contributed by atoms with van der Waals surface area (Å²) < 4.78 is 23.9. The summed E-state index contributed by atoms with van der Waals surface area (Å²) in [5.41, 5.74) is 1.88. The molecule has 0 aliphatic rings. The molecule has 0 unspecified atom stereocenters. The van der Waals surface area contributed by atoms with Crippen molar-refractivity contribution < 1.29 is 8.42 Å². The van der Waals surface area contributed by atoms with Crippen molar-refractivity contribution in [1.82, 2.24) is 4.83 Å². The zero-order valence-electron chi connectivity index (χ0n) is 11.9. The van der Waals surface area contributed by atoms with E-state index < -0.39 is 10.0 Å². The largest absolute Gasteiger partial charge is 0.378 e. The van der Waals surface area contributed by atoms with Crippen LogP contribution in [0.25, 0.3) is 0 Å². The van der Waals surface area contributed by atoms with Gasteiger partial charge < -0.3 is 4.90 Å². The molecule has 2 aromatic rings. The third-order valence-corrected chi connectivity index (χ3v) is 4.09. The van der Waals surface area contributed by atoms with E-state index in [0.29, 0.717) is 0 Å². The van der Waals surface area contributed by atoms with Crippen molar-refractivity contribution in [2.75, 3.05) is 19.0 Å². The Morgan fingerprint density at radius 3 is 2.19 bits per heavy atom. The summed E-state index contributed by atoms with van der Waals surface area (Å²) in [5.74, 6) is 0. The first-order valence-electron chi connectivity index (χ1n) is 6.36. The van der Waals surface area contributed by atoms with Gasteiger partial charge in [0.1, 0.15) is 0 Å². The minimum absolute atomic E-state index is 0.185. The number of benzene rings is 2. The highest BCUT2D eigenvalue weighted by Crippen LogP contribution is 2.11. The lowest BCUT2D eigenvalue weighted by Crippen LogP contribution is -2.18. The summed E-state index contributed by atoms with van der Waals surface area (Å²) in [6.07, 6.45) is 1.47. The number of hydrogen-bond donors (Lipinski definition) is 1. The minimum Gasteiger partial charge on any atom is -0.378 e. The fourth-order valence-corrected chi connectivity index (χ4v) is 2.49. The van der Waals surface area contributed by atoms with Gasteiger partial charge in [0.15, 0.2) is 0 Å². The second kappa shape index (κ2) is 6.41. The smallest absolute Gasteiger partial charge is 0.276 e. The quantitative estimate of drug-likeness (QED) is 0.679. The molecule has 0 heterocycles. The van der Waals surface area contributed by atoms with Gasteiger partial charge in [0.25, 0.3) is 10.0 Å². The van der Waals surface area contributed by atoms with E-state index in [0.717, 1.165) is 11.3 Å². The molecule has 0 spiro atoms. The molecule has 21 heavy (non-hydrogen) atoms. The van der Waals surface area contributed by atoms with Crippen molar-refractivity contribution in [3.05, 3.63) is 60.2 Å². The van der Waals surface area contributed by atoms with Gasteiger partial charge in [0.2, 0.25) is 0 Å². The third-order valence-electron chi connectivity index (χ3n) is 2.85. The number of nitrogens with one attached hydrogen (secondary N) is 1. The van der Waals surface area contributed by atoms with E-state index in [1.54, 1.807) is 18.2 Å². The molecule has 0 aliphatic carbocycles. The van der Waals surface area contributed by atoms with Gasteiger partial charge in [-0.25, -0.2) is 4.83 Å². The maximum absolute atomic E-state index is 11.9. The molecule has 0 atom stereocenters. The lowest BCUT2D eigenvalue weighted by molar-refractivity contribution is 0.584. The summed E-state index contributed by atoms with van der Waals surface area (Å²) in [6, 6.07) is 15.7. The normalized spacial score (nSPS) is 11.5. The average molecular weight is 303 g/mol. The SMILES string of the molecule is CN(C)c1ccc(/C=N\NS(=O)(=O)c2ccccc2)cc1. The van der Waals surface area contributed by atoms with E-state index in [1.807, 2.05) is 43.3 Å². The molecule has 0 fully saturated rings. The van der Waals surface area contributed by atoms with Gasteiger partial charge in [-0.05, 0) is 29.8 Å². The van der Waals surface area contributed by atoms with Gasteiger partial charge in [0.05, 0.1) is 11.1 Å². The second-order valence-corrected chi connectivity index (χ2v) is 6.31. The van der Waals surface area contributed by atoms with E-state index in [-0.39, 0.29) is 4.90 Å². The fourth-order valence-electron chi connectivity index (χ4n) is 1.68. The summed E-state index contributed by atoms with van der Waals surface area (Å²) in [5, 5.41) is 3.79. The summed E-state index contributed by atoms with van der Waals surface area (Å²) in [4.78, 5) is 4.36. The Labute approximate surface area is 125 Å². The minimum atomic E-state index is -3.61. The molecule has 0 aliphatic heterocycles. The molecule has 0 aromatic heterocycles. The van der Waals surface area contributed by atoms with Crippen LogP contribution in [0.15, 0.2) is 64.6 Å². The number of anilines is 1. The summed E-state index contributed by atoms with van der Waals surface area (Å²) in [7, 11) is 0.303. The lowest BCUT2D eigenvalue weighted by atomic mass is 10.2. The van der Waals surface area contributed by atoms with Crippen LogP contribution >= 0.6 is 0 Å². The van der Waals surface area contributed by atoms with Crippen LogP contribution in [0.4, 0.5) is 5.69 Å². The van der Waals surface area contributed by atoms with Crippen molar-refractivity contribution in [2.45, 2.75) is 4.90 Å². The maximum Gasteiger partial charge on any atom is 0.276 e. The number of nitrogens with zero attached hydrogens (tertiary/aromatic N) is 2. The standard InChI is InChI=1S/C15H17N3O2S/c1-18(2)14-10-8-13(9-11-14)12-16-17-21(19,20)15-6-4-3-5-7-15/h3-12,17H,1-2H3/b16-12-. The molecule has 1 N–H and O–H groups in total. The Balaban J connectivity index is 2.05. The number of hydrazone groups is 1. The van der Waals surface area contributed by atoms with Crippen LogP contribution in [0, 0.1) is 0 Å². The molecular weight excluding hydrogens is 286 g/mol. The maximum atomic E-state index is 11.9. The molecule has 0 radical (unpaired) electrons. The molecule has 2 aromatic carbocycles. The molecule has 6 heteroatoms. The Morgan fingerprint density at radius 1 is 1.00 bits per heavy atom. The molecule has 110 valence electrons. The predicted octanol–water partition coefficient (Wildman–Crippen LogP) is 2.07. The first kappa shape index (κ1) is 15.1. The molecule has 0 amide bonds. The van der Waals surface area contributed by atoms with Crippen molar-refractivity contribution in [2.24, 2.45) is 5.10 Å². The van der Waals surface area contributed by atoms with Crippen LogP contribution < -0.4 is 9.73 Å². The second-order valence-electron chi connectivity index (χ2n) is 4.65. The average Bonchev–Trinajstić information content (AvgIpc) is 2.48. The summed E-state index contributed by atoms with van der Waals surface area (Å²) >= 11 is 0. The predicted molar refractivity (Wildman–Crippen MR) is 85.1 cm³/mol. The van der Waals surface area contributed by atoms with Gasteiger partial charge >= 0.3 is 0 Å². The van der Waals surface area contributed by atoms with E-state index >= 15 is 0 Å². The van der Waals surface area contributed by atoms with Gasteiger partial charge in [0, 0.05) is 19.8 Å². The number of sulfonamides is 1. The van der Waals surface area contributed by atoms with Gasteiger partial charge in [-0.1, -0.05) is 30.3 Å². The molecular formula is C15H17N3O2S. The highest BCUT2D eigenvalue weighted by molar-refractivity contribution is 7.89. The van der Waals surface area contributed by atoms with E-state index in [1.165, 1.54) is 18.3 Å². The zero-order valence-corrected chi connectivity index (χ0v) is 12.7. The Morgan fingerprint density at radius 2 is 1.62 bits per heavy atom. The topological polar surface area (TPSA) is 61.8 Å². The van der Waals surface area contributed by atoms with Crippen molar-refractivity contribution in [3.63, 3.8) is 0 Å². The van der Waals surface area contributed by atoms with Gasteiger partial charge in [-0.2, -0.15) is 13.5 Å². The lowest BCUT2D eigenvalue weighted by Gasteiger charge is -2.11. The zero-order chi connectivity index (χ0) is 15.3. The van der Waals surface area contributed by atoms with Crippen molar-refractivity contribution in [3.8, 4) is 0 Å². The highest BCUT2D eigenvalue weighted by Gasteiger charge is 2.10. The van der Waals surface area contributed by atoms with Crippen LogP contribution in [0.5, 0.6) is 0 Å². The molecule has 0 saturated carbocycles. The highest BCUT2D eigenvalue weighted by atomic mass is 32.2. The molecule has 2 rings (SSSR count). The molecule has 0 bridgehead atoms. The van der Waals surface area contributed by atoms with Crippen LogP contribution in [-0.4, -0.2) is 28.7 Å². The van der Waals surface area contributed by atoms with Crippen LogP contribution in [-0.2, 0) is 10.0 Å². The number of hydrogen-bond acceptors (Lipinski definition) is 4. The van der Waals surface area contributed by atoms with Crippen LogP contribution in [0.1, 0.15) is 5.56 Å². The molecule has 0 saturated heterocycles. The fraction of sp³-hybridized carbons (Fsp3) is 0.133. The monoisotopic (exact) mass is 303 g/mol. The van der Waals surface area contributed by atoms with E-state index in [4.69, 9.17) is 0 Å². The molecule has 5 nitrogen and oxygen atoms in total. The Hall–Kier alpha value is -2.34. The van der Waals surface area contributed by atoms with Crippen LogP contribution in [0.2, 0.25) is 0 Å². The first-order chi connectivity index (χ1) is 9.99. The summed E-state index contributed by atoms with van der Waals surface area (Å²) in [6.45, 7) is 0. The van der Waals surface area contributed by atoms with E-state index in [2.05, 4.69) is 9.93 Å². The Bertz CT molecular complexity index is 708. The van der Waals surface area contributed by atoms with Crippen molar-refractivity contribution >= 4 is 21.9 Å². The van der Waals surface area contributed by atoms with E-state index in [9.17, 15) is 8.42 Å². The first-order valence-corrected chi connectivity index (χ1v) is 7.85. The third kappa shape index (κ3) is 4.06. The van der Waals surface area contributed by atoms with Gasteiger partial charge in [-0.3, -0.25) is 0 Å². The van der Waals surface area contributed by atoms with Gasteiger partial charge in [-0.15, -0.1) is 0 Å². The van der Waals surface area contributed by atoms with Crippen LogP contribution in [0.3, 0.4) is 0 Å².